The van der Waals surface area contributed by atoms with E-state index in [1.807, 2.05) is 0 Å². The van der Waals surface area contributed by atoms with E-state index in [0.29, 0.717) is 12.1 Å². The molecule has 1 fully saturated rings. The Labute approximate surface area is 112 Å². The maximum atomic E-state index is 13.0. The van der Waals surface area contributed by atoms with Crippen molar-refractivity contribution in [2.45, 2.75) is 44.2 Å². The third kappa shape index (κ3) is 4.21. The molecule has 0 aromatic heterocycles. The Morgan fingerprint density at radius 3 is 2.84 bits per heavy atom. The van der Waals surface area contributed by atoms with E-state index >= 15 is 0 Å². The van der Waals surface area contributed by atoms with Gasteiger partial charge in [0.15, 0.2) is 0 Å². The fourth-order valence-electron chi connectivity index (χ4n) is 2.36. The first-order valence-corrected chi connectivity index (χ1v) is 6.66. The van der Waals surface area contributed by atoms with Gasteiger partial charge in [0.1, 0.15) is 5.82 Å². The molecular weight excluding hydrogens is 247 g/mol. The molecule has 0 heterocycles. The van der Waals surface area contributed by atoms with Crippen molar-refractivity contribution in [3.8, 4) is 0 Å². The van der Waals surface area contributed by atoms with E-state index in [2.05, 4.69) is 10.6 Å². The van der Waals surface area contributed by atoms with E-state index < -0.39 is 18.0 Å². The van der Waals surface area contributed by atoms with Crippen LogP contribution >= 0.6 is 0 Å². The van der Waals surface area contributed by atoms with Crippen LogP contribution in [0.5, 0.6) is 0 Å². The average molecular weight is 266 g/mol. The molecule has 2 unspecified atom stereocenters. The van der Waals surface area contributed by atoms with Gasteiger partial charge in [-0.25, -0.2) is 9.18 Å². The number of hydrogen-bond donors (Lipinski definition) is 3. The average Bonchev–Trinajstić information content (AvgIpc) is 2.55. The standard InChI is InChI=1S/C14H19FN2O2/c15-10-5-4-6-11(9-10)16-14(19)17-12-7-2-1-3-8-13(12)18/h4-6,9,12-13,18H,1-3,7-8H2,(H2,16,17,19). The molecule has 19 heavy (non-hydrogen) atoms. The maximum absolute atomic E-state index is 13.0. The monoisotopic (exact) mass is 266 g/mol. The Morgan fingerprint density at radius 1 is 1.26 bits per heavy atom. The first-order chi connectivity index (χ1) is 9.15. The number of urea groups is 1. The van der Waals surface area contributed by atoms with Crippen LogP contribution in [0.2, 0.25) is 0 Å². The van der Waals surface area contributed by atoms with Crippen LogP contribution in [0.1, 0.15) is 32.1 Å². The highest BCUT2D eigenvalue weighted by atomic mass is 19.1. The van der Waals surface area contributed by atoms with Crippen molar-refractivity contribution < 1.29 is 14.3 Å². The lowest BCUT2D eigenvalue weighted by molar-refractivity contribution is 0.124. The smallest absolute Gasteiger partial charge is 0.319 e. The number of aliphatic hydroxyl groups is 1. The van der Waals surface area contributed by atoms with Gasteiger partial charge in [-0.15, -0.1) is 0 Å². The Morgan fingerprint density at radius 2 is 2.05 bits per heavy atom. The highest BCUT2D eigenvalue weighted by molar-refractivity contribution is 5.89. The van der Waals surface area contributed by atoms with Crippen LogP contribution < -0.4 is 10.6 Å². The van der Waals surface area contributed by atoms with Crippen LogP contribution in [0, 0.1) is 5.82 Å². The maximum Gasteiger partial charge on any atom is 0.319 e. The van der Waals surface area contributed by atoms with Crippen molar-refractivity contribution in [1.29, 1.82) is 0 Å². The molecule has 0 aliphatic heterocycles. The van der Waals surface area contributed by atoms with Gasteiger partial charge in [-0.05, 0) is 31.0 Å². The van der Waals surface area contributed by atoms with Crippen LogP contribution in [0.4, 0.5) is 14.9 Å². The highest BCUT2D eigenvalue weighted by Crippen LogP contribution is 2.18. The van der Waals surface area contributed by atoms with Crippen LogP contribution in [-0.2, 0) is 0 Å². The number of halogens is 1. The van der Waals surface area contributed by atoms with E-state index in [1.165, 1.54) is 18.2 Å². The Kier molecular flexibility index (Phi) is 4.74. The topological polar surface area (TPSA) is 61.4 Å². The molecule has 4 nitrogen and oxygen atoms in total. The summed E-state index contributed by atoms with van der Waals surface area (Å²) in [5, 5.41) is 15.2. The summed E-state index contributed by atoms with van der Waals surface area (Å²) in [7, 11) is 0. The minimum absolute atomic E-state index is 0.226. The predicted octanol–water partition coefficient (Wildman–Crippen LogP) is 2.64. The van der Waals surface area contributed by atoms with Crippen molar-refractivity contribution >= 4 is 11.7 Å². The molecule has 3 N–H and O–H groups in total. The van der Waals surface area contributed by atoms with Gasteiger partial charge >= 0.3 is 6.03 Å². The van der Waals surface area contributed by atoms with Crippen LogP contribution in [-0.4, -0.2) is 23.3 Å². The number of carbonyl (C=O) groups is 1. The third-order valence-corrected chi connectivity index (χ3v) is 3.38. The number of carbonyl (C=O) groups excluding carboxylic acids is 1. The van der Waals surface area contributed by atoms with Gasteiger partial charge in [0, 0.05) is 5.69 Å². The predicted molar refractivity (Wildman–Crippen MR) is 71.4 cm³/mol. The van der Waals surface area contributed by atoms with Gasteiger partial charge < -0.3 is 15.7 Å². The molecule has 5 heteroatoms. The second-order valence-corrected chi connectivity index (χ2v) is 4.92. The van der Waals surface area contributed by atoms with Crippen molar-refractivity contribution in [3.63, 3.8) is 0 Å². The largest absolute Gasteiger partial charge is 0.391 e. The van der Waals surface area contributed by atoms with Crippen molar-refractivity contribution in [2.75, 3.05) is 5.32 Å². The molecular formula is C14H19FN2O2. The molecule has 1 aromatic rings. The SMILES string of the molecule is O=C(Nc1cccc(F)c1)NC1CCCCCC1O. The fourth-order valence-corrected chi connectivity index (χ4v) is 2.36. The minimum Gasteiger partial charge on any atom is -0.391 e. The first kappa shape index (κ1) is 13.8. The molecule has 1 aromatic carbocycles. The molecule has 2 rings (SSSR count). The molecule has 1 aliphatic rings. The molecule has 2 atom stereocenters. The van der Waals surface area contributed by atoms with E-state index in [0.717, 1.165) is 25.7 Å². The zero-order valence-corrected chi connectivity index (χ0v) is 10.7. The van der Waals surface area contributed by atoms with Gasteiger partial charge in [0.2, 0.25) is 0 Å². The van der Waals surface area contributed by atoms with Crippen molar-refractivity contribution in [2.24, 2.45) is 0 Å². The number of amides is 2. The molecule has 104 valence electrons. The van der Waals surface area contributed by atoms with Gasteiger partial charge in [0.05, 0.1) is 12.1 Å². The van der Waals surface area contributed by atoms with E-state index in [1.54, 1.807) is 6.07 Å². The minimum atomic E-state index is -0.499. The van der Waals surface area contributed by atoms with E-state index in [9.17, 15) is 14.3 Å². The Balaban J connectivity index is 1.89. The zero-order chi connectivity index (χ0) is 13.7. The third-order valence-electron chi connectivity index (χ3n) is 3.38. The number of anilines is 1. The summed E-state index contributed by atoms with van der Waals surface area (Å²) in [6.07, 6.45) is 4.07. The number of rotatable bonds is 2. The molecule has 0 radical (unpaired) electrons. The Hall–Kier alpha value is -1.62. The molecule has 2 amide bonds. The number of aliphatic hydroxyl groups excluding tert-OH is 1. The van der Waals surface area contributed by atoms with Crippen LogP contribution in [0.15, 0.2) is 24.3 Å². The van der Waals surface area contributed by atoms with Gasteiger partial charge in [-0.3, -0.25) is 0 Å². The lowest BCUT2D eigenvalue weighted by Gasteiger charge is -2.21. The summed E-state index contributed by atoms with van der Waals surface area (Å²) in [6, 6.07) is 5.09. The molecule has 1 aliphatic carbocycles. The summed E-state index contributed by atoms with van der Waals surface area (Å²) in [6.45, 7) is 0. The lowest BCUT2D eigenvalue weighted by atomic mass is 10.1. The lowest BCUT2D eigenvalue weighted by Crippen LogP contribution is -2.44. The number of hydrogen-bond acceptors (Lipinski definition) is 2. The van der Waals surface area contributed by atoms with Crippen molar-refractivity contribution in [3.05, 3.63) is 30.1 Å². The number of benzene rings is 1. The molecule has 0 bridgehead atoms. The summed E-state index contributed by atoms with van der Waals surface area (Å²) < 4.78 is 13.0. The summed E-state index contributed by atoms with van der Waals surface area (Å²) in [5.41, 5.74) is 0.403. The summed E-state index contributed by atoms with van der Waals surface area (Å²) in [4.78, 5) is 11.8. The Bertz CT molecular complexity index is 439. The van der Waals surface area contributed by atoms with Crippen molar-refractivity contribution in [1.82, 2.24) is 5.32 Å². The van der Waals surface area contributed by atoms with Crippen LogP contribution in [0.3, 0.4) is 0 Å². The highest BCUT2D eigenvalue weighted by Gasteiger charge is 2.23. The second kappa shape index (κ2) is 6.52. The normalized spacial score (nSPS) is 23.5. The van der Waals surface area contributed by atoms with E-state index in [-0.39, 0.29) is 6.04 Å². The zero-order valence-electron chi connectivity index (χ0n) is 10.7. The van der Waals surface area contributed by atoms with Gasteiger partial charge in [0.25, 0.3) is 0 Å². The molecule has 0 saturated heterocycles. The summed E-state index contributed by atoms with van der Waals surface area (Å²) >= 11 is 0. The summed E-state index contributed by atoms with van der Waals surface area (Å²) in [5.74, 6) is -0.396. The first-order valence-electron chi connectivity index (χ1n) is 6.66. The molecule has 0 spiro atoms. The second-order valence-electron chi connectivity index (χ2n) is 4.92. The van der Waals surface area contributed by atoms with E-state index in [4.69, 9.17) is 0 Å². The van der Waals surface area contributed by atoms with Gasteiger partial charge in [-0.2, -0.15) is 0 Å². The fraction of sp³-hybridized carbons (Fsp3) is 0.500. The number of nitrogens with one attached hydrogen (secondary N) is 2. The quantitative estimate of drug-likeness (QED) is 0.721. The molecule has 1 saturated carbocycles. The van der Waals surface area contributed by atoms with Gasteiger partial charge in [-0.1, -0.05) is 25.3 Å². The van der Waals surface area contributed by atoms with Crippen LogP contribution in [0.25, 0.3) is 0 Å².